The highest BCUT2D eigenvalue weighted by atomic mass is 16.5. The number of hydrogen-bond donors (Lipinski definition) is 1. The molecule has 0 radical (unpaired) electrons. The fourth-order valence-corrected chi connectivity index (χ4v) is 1.59. The van der Waals surface area contributed by atoms with Gasteiger partial charge in [0.05, 0.1) is 6.61 Å². The van der Waals surface area contributed by atoms with Crippen molar-refractivity contribution in [1.82, 2.24) is 10.2 Å². The summed E-state index contributed by atoms with van der Waals surface area (Å²) in [4.78, 5) is 2.17. The normalized spacial score (nSPS) is 12.8. The molecule has 0 aliphatic carbocycles. The van der Waals surface area contributed by atoms with Gasteiger partial charge in [0.1, 0.15) is 5.75 Å². The SMILES string of the molecule is CNC(C)c1ccc(OCCCN(C)C)cc1. The second-order valence-electron chi connectivity index (χ2n) is 4.58. The Morgan fingerprint density at radius 3 is 2.41 bits per heavy atom. The van der Waals surface area contributed by atoms with E-state index in [1.165, 1.54) is 5.56 Å². The van der Waals surface area contributed by atoms with Crippen molar-refractivity contribution in [3.63, 3.8) is 0 Å². The van der Waals surface area contributed by atoms with Gasteiger partial charge in [-0.25, -0.2) is 0 Å². The van der Waals surface area contributed by atoms with Crippen molar-refractivity contribution in [3.05, 3.63) is 29.8 Å². The van der Waals surface area contributed by atoms with Gasteiger partial charge in [0.25, 0.3) is 0 Å². The molecule has 1 atom stereocenters. The van der Waals surface area contributed by atoms with Gasteiger partial charge in [0.15, 0.2) is 0 Å². The van der Waals surface area contributed by atoms with Crippen molar-refractivity contribution >= 4 is 0 Å². The quantitative estimate of drug-likeness (QED) is 0.735. The molecular weight excluding hydrogens is 212 g/mol. The largest absolute Gasteiger partial charge is 0.494 e. The highest BCUT2D eigenvalue weighted by Crippen LogP contribution is 2.17. The molecular formula is C14H24N2O. The summed E-state index contributed by atoms with van der Waals surface area (Å²) in [6, 6.07) is 8.69. The van der Waals surface area contributed by atoms with Crippen molar-refractivity contribution in [3.8, 4) is 5.75 Å². The Labute approximate surface area is 105 Å². The fourth-order valence-electron chi connectivity index (χ4n) is 1.59. The van der Waals surface area contributed by atoms with Gasteiger partial charge < -0.3 is 15.0 Å². The van der Waals surface area contributed by atoms with Crippen molar-refractivity contribution < 1.29 is 4.74 Å². The minimum absolute atomic E-state index is 0.387. The molecule has 0 aromatic heterocycles. The number of benzene rings is 1. The summed E-state index contributed by atoms with van der Waals surface area (Å²) >= 11 is 0. The smallest absolute Gasteiger partial charge is 0.119 e. The summed E-state index contributed by atoms with van der Waals surface area (Å²) in [5.41, 5.74) is 1.29. The summed E-state index contributed by atoms with van der Waals surface area (Å²) in [5, 5.41) is 3.22. The van der Waals surface area contributed by atoms with Crippen LogP contribution in [-0.2, 0) is 0 Å². The topological polar surface area (TPSA) is 24.5 Å². The van der Waals surface area contributed by atoms with E-state index in [1.807, 2.05) is 19.2 Å². The Hall–Kier alpha value is -1.06. The molecule has 0 saturated heterocycles. The Morgan fingerprint density at radius 1 is 1.24 bits per heavy atom. The van der Waals surface area contributed by atoms with Gasteiger partial charge in [0.2, 0.25) is 0 Å². The lowest BCUT2D eigenvalue weighted by atomic mass is 10.1. The first-order valence-corrected chi connectivity index (χ1v) is 6.18. The third kappa shape index (κ3) is 5.20. The summed E-state index contributed by atoms with van der Waals surface area (Å²) in [6.45, 7) is 3.99. The zero-order valence-corrected chi connectivity index (χ0v) is 11.4. The van der Waals surface area contributed by atoms with Crippen LogP contribution in [0.4, 0.5) is 0 Å². The first-order valence-electron chi connectivity index (χ1n) is 6.18. The molecule has 0 saturated carbocycles. The first kappa shape index (κ1) is 14.0. The van der Waals surface area contributed by atoms with Crippen molar-refractivity contribution in [2.75, 3.05) is 34.3 Å². The lowest BCUT2D eigenvalue weighted by Crippen LogP contribution is -2.15. The zero-order valence-electron chi connectivity index (χ0n) is 11.4. The molecule has 3 heteroatoms. The van der Waals surface area contributed by atoms with Crippen LogP contribution < -0.4 is 10.1 Å². The average molecular weight is 236 g/mol. The van der Waals surface area contributed by atoms with Gasteiger partial charge in [-0.1, -0.05) is 12.1 Å². The number of nitrogens with one attached hydrogen (secondary N) is 1. The van der Waals surface area contributed by atoms with Gasteiger partial charge in [-0.2, -0.15) is 0 Å². The third-order valence-electron chi connectivity index (χ3n) is 2.83. The molecule has 1 unspecified atom stereocenters. The molecule has 0 heterocycles. The second-order valence-corrected chi connectivity index (χ2v) is 4.58. The van der Waals surface area contributed by atoms with E-state index in [0.717, 1.165) is 25.3 Å². The van der Waals surface area contributed by atoms with E-state index in [0.29, 0.717) is 6.04 Å². The summed E-state index contributed by atoms with van der Waals surface area (Å²) in [5.74, 6) is 0.954. The third-order valence-corrected chi connectivity index (χ3v) is 2.83. The molecule has 0 amide bonds. The van der Waals surface area contributed by atoms with Crippen LogP contribution in [0.25, 0.3) is 0 Å². The van der Waals surface area contributed by atoms with E-state index in [9.17, 15) is 0 Å². The Balaban J connectivity index is 2.35. The maximum absolute atomic E-state index is 5.68. The summed E-state index contributed by atoms with van der Waals surface area (Å²) in [7, 11) is 6.12. The number of hydrogen-bond acceptors (Lipinski definition) is 3. The maximum Gasteiger partial charge on any atom is 0.119 e. The highest BCUT2D eigenvalue weighted by molar-refractivity contribution is 5.28. The molecule has 96 valence electrons. The predicted octanol–water partition coefficient (Wildman–Crippen LogP) is 2.30. The van der Waals surface area contributed by atoms with E-state index in [4.69, 9.17) is 4.74 Å². The van der Waals surface area contributed by atoms with E-state index >= 15 is 0 Å². The number of ether oxygens (including phenoxy) is 1. The maximum atomic E-state index is 5.68. The van der Waals surface area contributed by atoms with Gasteiger partial charge in [-0.05, 0) is 52.2 Å². The van der Waals surface area contributed by atoms with E-state index in [-0.39, 0.29) is 0 Å². The minimum atomic E-state index is 0.387. The van der Waals surface area contributed by atoms with Gasteiger partial charge in [-0.3, -0.25) is 0 Å². The Kier molecular flexibility index (Phi) is 6.01. The Morgan fingerprint density at radius 2 is 1.88 bits per heavy atom. The van der Waals surface area contributed by atoms with Crippen LogP contribution in [0.2, 0.25) is 0 Å². The fraction of sp³-hybridized carbons (Fsp3) is 0.571. The van der Waals surface area contributed by atoms with Crippen LogP contribution in [0.1, 0.15) is 24.9 Å². The lowest BCUT2D eigenvalue weighted by Gasteiger charge is -2.12. The molecule has 1 N–H and O–H groups in total. The van der Waals surface area contributed by atoms with Gasteiger partial charge in [-0.15, -0.1) is 0 Å². The molecule has 0 spiro atoms. The molecule has 0 fully saturated rings. The predicted molar refractivity (Wildman–Crippen MR) is 72.6 cm³/mol. The van der Waals surface area contributed by atoms with Crippen molar-refractivity contribution in [1.29, 1.82) is 0 Å². The average Bonchev–Trinajstić information content (AvgIpc) is 2.34. The van der Waals surface area contributed by atoms with Crippen LogP contribution in [0.15, 0.2) is 24.3 Å². The van der Waals surface area contributed by atoms with Crippen LogP contribution in [0.3, 0.4) is 0 Å². The van der Waals surface area contributed by atoms with E-state index < -0.39 is 0 Å². The molecule has 1 aromatic rings. The zero-order chi connectivity index (χ0) is 12.7. The molecule has 17 heavy (non-hydrogen) atoms. The molecule has 0 aliphatic rings. The lowest BCUT2D eigenvalue weighted by molar-refractivity contribution is 0.281. The minimum Gasteiger partial charge on any atom is -0.494 e. The van der Waals surface area contributed by atoms with Crippen molar-refractivity contribution in [2.24, 2.45) is 0 Å². The van der Waals surface area contributed by atoms with E-state index in [1.54, 1.807) is 0 Å². The van der Waals surface area contributed by atoms with Gasteiger partial charge in [0, 0.05) is 12.6 Å². The van der Waals surface area contributed by atoms with Crippen LogP contribution in [0, 0.1) is 0 Å². The van der Waals surface area contributed by atoms with Gasteiger partial charge >= 0.3 is 0 Å². The Bertz CT molecular complexity index is 309. The standard InChI is InChI=1S/C14H24N2O/c1-12(15-2)13-6-8-14(9-7-13)17-11-5-10-16(3)4/h6-9,12,15H,5,10-11H2,1-4H3. The first-order chi connectivity index (χ1) is 8.13. The highest BCUT2D eigenvalue weighted by Gasteiger charge is 2.02. The van der Waals surface area contributed by atoms with E-state index in [2.05, 4.69) is 43.4 Å². The van der Waals surface area contributed by atoms with Crippen LogP contribution in [-0.4, -0.2) is 39.2 Å². The number of nitrogens with zero attached hydrogens (tertiary/aromatic N) is 1. The molecule has 3 nitrogen and oxygen atoms in total. The van der Waals surface area contributed by atoms with Crippen LogP contribution >= 0.6 is 0 Å². The number of rotatable bonds is 7. The molecule has 1 aromatic carbocycles. The summed E-state index contributed by atoms with van der Waals surface area (Å²) in [6.07, 6.45) is 1.06. The molecule has 1 rings (SSSR count). The van der Waals surface area contributed by atoms with Crippen LogP contribution in [0.5, 0.6) is 5.75 Å². The summed E-state index contributed by atoms with van der Waals surface area (Å²) < 4.78 is 5.68. The van der Waals surface area contributed by atoms with Crippen molar-refractivity contribution in [2.45, 2.75) is 19.4 Å². The molecule has 0 aliphatic heterocycles. The molecule has 0 bridgehead atoms. The monoisotopic (exact) mass is 236 g/mol. The second kappa shape index (κ2) is 7.30.